The first-order valence-corrected chi connectivity index (χ1v) is 2.85. The van der Waals surface area contributed by atoms with E-state index in [1.54, 1.807) is 0 Å². The predicted octanol–water partition coefficient (Wildman–Crippen LogP) is -4.33. The van der Waals surface area contributed by atoms with Gasteiger partial charge in [0.15, 0.2) is 0 Å². The van der Waals surface area contributed by atoms with Crippen molar-refractivity contribution in [2.75, 3.05) is 0 Å². The van der Waals surface area contributed by atoms with E-state index in [1.165, 1.54) is 0 Å². The van der Waals surface area contributed by atoms with Crippen LogP contribution >= 0.6 is 0 Å². The van der Waals surface area contributed by atoms with E-state index in [9.17, 15) is 0 Å². The predicted molar refractivity (Wildman–Crippen MR) is 11.5 cm³/mol. The van der Waals surface area contributed by atoms with Gasteiger partial charge in [0, 0.05) is 0 Å². The van der Waals surface area contributed by atoms with Crippen molar-refractivity contribution in [1.29, 1.82) is 0 Å². The van der Waals surface area contributed by atoms with Gasteiger partial charge >= 0.3 is 96.8 Å². The van der Waals surface area contributed by atoms with E-state index in [0.717, 1.165) is 0 Å². The van der Waals surface area contributed by atoms with Crippen molar-refractivity contribution < 1.29 is 43.4 Å². The molecule has 6 heavy (non-hydrogen) atoms. The van der Waals surface area contributed by atoms with Crippen LogP contribution < -0.4 is 12.3 Å². The van der Waals surface area contributed by atoms with Crippen molar-refractivity contribution in [3.05, 3.63) is 0 Å². The number of hydrogen-bond acceptors (Lipinski definition) is 3. The van der Waals surface area contributed by atoms with Crippen LogP contribution in [0.4, 0.5) is 0 Å². The summed E-state index contributed by atoms with van der Waals surface area (Å²) < 4.78 is 25.7. The molecule has 0 aromatic carbocycles. The van der Waals surface area contributed by atoms with Crippen LogP contribution in [0.25, 0.3) is 0 Å². The molecular formula is AsCaO3U+5. The molecule has 0 aliphatic heterocycles. The Labute approximate surface area is 94.8 Å². The van der Waals surface area contributed by atoms with Crippen LogP contribution in [-0.4, -0.2) is 53.4 Å². The fraction of sp³-hybridized carbons (Fsp3) is 0. The molecule has 0 radical (unpaired) electrons. The molecule has 0 aliphatic rings. The number of rotatable bonds is 0. The van der Waals surface area contributed by atoms with E-state index < -0.39 is 15.7 Å². The maximum atomic E-state index is 8.56. The van der Waals surface area contributed by atoms with Gasteiger partial charge in [-0.25, -0.2) is 0 Å². The SMILES string of the molecule is [Ca+2].[O-][As]([O-])[O-].[U+6]. The van der Waals surface area contributed by atoms with Crippen LogP contribution in [0.3, 0.4) is 0 Å². The Bertz CT molecular complexity index is 15.5. The molecule has 0 N–H and O–H groups in total. The minimum absolute atomic E-state index is 0. The van der Waals surface area contributed by atoms with Gasteiger partial charge in [0.05, 0.1) is 0 Å². The van der Waals surface area contributed by atoms with Gasteiger partial charge in [-0.15, -0.1) is 0 Å². The molecule has 3 nitrogen and oxygen atoms in total. The molecule has 0 fully saturated rings. The summed E-state index contributed by atoms with van der Waals surface area (Å²) in [5, 5.41) is 0. The summed E-state index contributed by atoms with van der Waals surface area (Å²) in [5.74, 6) is 0. The quantitative estimate of drug-likeness (QED) is 0.386. The normalized spacial score (nSPS) is 6.00. The van der Waals surface area contributed by atoms with Gasteiger partial charge in [-0.3, -0.25) is 0 Å². The van der Waals surface area contributed by atoms with Gasteiger partial charge in [0.1, 0.15) is 0 Å². The Balaban J connectivity index is -0.0000000450. The van der Waals surface area contributed by atoms with E-state index in [-0.39, 0.29) is 68.9 Å². The summed E-state index contributed by atoms with van der Waals surface area (Å²) >= 11 is -3.94. The van der Waals surface area contributed by atoms with Crippen molar-refractivity contribution in [3.63, 3.8) is 0 Å². The standard InChI is InChI=1S/AsO3.Ca.U/c2-1(3)4;;/q-3;+2;+6. The molecule has 0 unspecified atom stereocenters. The van der Waals surface area contributed by atoms with E-state index in [2.05, 4.69) is 0 Å². The van der Waals surface area contributed by atoms with Crippen LogP contribution in [0.2, 0.25) is 0 Å². The molecular weight excluding hydrogens is 401 g/mol. The van der Waals surface area contributed by atoms with Gasteiger partial charge in [-0.05, 0) is 0 Å². The van der Waals surface area contributed by atoms with E-state index in [1.807, 2.05) is 0 Å². The second-order valence-electron chi connectivity index (χ2n) is 0.224. The minimum atomic E-state index is -3.94. The van der Waals surface area contributed by atoms with Gasteiger partial charge in [-0.2, -0.15) is 0 Å². The minimum Gasteiger partial charge on any atom is 6.00 e. The second-order valence-corrected chi connectivity index (χ2v) is 1.16. The van der Waals surface area contributed by atoms with Crippen LogP contribution in [0.1, 0.15) is 0 Å². The average Bonchev–Trinajstić information content (AvgIpc) is 0.811. The molecule has 0 amide bonds. The Hall–Kier alpha value is 2.75. The fourth-order valence-corrected chi connectivity index (χ4v) is 0. The monoisotopic (exact) mass is 401 g/mol. The van der Waals surface area contributed by atoms with Crippen LogP contribution in [0.15, 0.2) is 0 Å². The zero-order valence-corrected chi connectivity index (χ0v) is 11.1. The Morgan fingerprint density at radius 1 is 1.00 bits per heavy atom. The fourth-order valence-electron chi connectivity index (χ4n) is 0. The van der Waals surface area contributed by atoms with Crippen molar-refractivity contribution >= 4 is 53.4 Å². The van der Waals surface area contributed by atoms with Gasteiger partial charge in [-0.1, -0.05) is 0 Å². The largest absolute Gasteiger partial charge is 6.00 e. The smallest absolute Gasteiger partial charge is 6.00 e. The summed E-state index contributed by atoms with van der Waals surface area (Å²) in [5.41, 5.74) is 0. The summed E-state index contributed by atoms with van der Waals surface area (Å²) in [6.45, 7) is 0. The zero-order valence-electron chi connectivity index (χ0n) is 2.88. The van der Waals surface area contributed by atoms with Crippen LogP contribution in [0.5, 0.6) is 0 Å². The summed E-state index contributed by atoms with van der Waals surface area (Å²) in [6, 6.07) is 0. The molecule has 24 valence electrons. The summed E-state index contributed by atoms with van der Waals surface area (Å²) in [6.07, 6.45) is 0. The molecule has 0 aromatic heterocycles. The van der Waals surface area contributed by atoms with Gasteiger partial charge in [0.25, 0.3) is 0 Å². The zero-order chi connectivity index (χ0) is 3.58. The van der Waals surface area contributed by atoms with E-state index >= 15 is 0 Å². The first-order chi connectivity index (χ1) is 1.73. The Morgan fingerprint density at radius 2 is 1.00 bits per heavy atom. The maximum absolute atomic E-state index is 8.56. The molecule has 0 aromatic rings. The molecule has 0 saturated carbocycles. The average molecular weight is 401 g/mol. The van der Waals surface area contributed by atoms with Crippen molar-refractivity contribution in [2.45, 2.75) is 0 Å². The molecule has 0 heterocycles. The van der Waals surface area contributed by atoms with Gasteiger partial charge < -0.3 is 0 Å². The third kappa shape index (κ3) is 29.5. The summed E-state index contributed by atoms with van der Waals surface area (Å²) in [4.78, 5) is 0. The van der Waals surface area contributed by atoms with Crippen LogP contribution in [-0.2, 0) is 0 Å². The van der Waals surface area contributed by atoms with E-state index in [0.29, 0.717) is 0 Å². The van der Waals surface area contributed by atoms with Crippen molar-refractivity contribution in [3.8, 4) is 0 Å². The first-order valence-electron chi connectivity index (χ1n) is 0.548. The molecule has 0 atom stereocenters. The molecule has 0 spiro atoms. The Kier molecular flexibility index (Phi) is 28.3. The topological polar surface area (TPSA) is 69.2 Å². The second kappa shape index (κ2) is 10.7. The third-order valence-corrected chi connectivity index (χ3v) is 0. The first kappa shape index (κ1) is 15.9. The van der Waals surface area contributed by atoms with Gasteiger partial charge in [0.2, 0.25) is 0 Å². The maximum Gasteiger partial charge on any atom is 6.00 e. The Morgan fingerprint density at radius 3 is 1.00 bits per heavy atom. The molecule has 0 rings (SSSR count). The molecule has 6 heteroatoms. The van der Waals surface area contributed by atoms with Crippen LogP contribution in [0, 0.1) is 31.1 Å². The molecule has 0 saturated heterocycles. The summed E-state index contributed by atoms with van der Waals surface area (Å²) in [7, 11) is 0. The molecule has 0 aliphatic carbocycles. The van der Waals surface area contributed by atoms with Crippen molar-refractivity contribution in [2.24, 2.45) is 0 Å². The third-order valence-electron chi connectivity index (χ3n) is 0. The van der Waals surface area contributed by atoms with Crippen molar-refractivity contribution in [1.82, 2.24) is 0 Å². The van der Waals surface area contributed by atoms with E-state index in [4.69, 9.17) is 12.3 Å². The number of hydrogen-bond donors (Lipinski definition) is 0. The molecule has 0 bridgehead atoms.